The minimum Gasteiger partial charge on any atom is -0.421 e. The maximum atomic E-state index is 3.46. The zero-order valence-corrected chi connectivity index (χ0v) is 9.29. The first-order valence-corrected chi connectivity index (χ1v) is 5.83. The molecule has 0 amide bonds. The highest BCUT2D eigenvalue weighted by molar-refractivity contribution is 6.19. The van der Waals surface area contributed by atoms with E-state index in [1.807, 2.05) is 0 Å². The van der Waals surface area contributed by atoms with Crippen LogP contribution in [0.5, 0.6) is 0 Å². The molecule has 3 heteroatoms. The number of rotatable bonds is 0. The fourth-order valence-electron chi connectivity index (χ4n) is 3.21. The molecule has 1 N–H and O–H groups in total. The van der Waals surface area contributed by atoms with Gasteiger partial charge in [-0.25, -0.2) is 0 Å². The van der Waals surface area contributed by atoms with Gasteiger partial charge in [0.25, 0.3) is 0 Å². The quantitative estimate of drug-likeness (QED) is 0.619. The molecule has 78 valence electrons. The van der Waals surface area contributed by atoms with E-state index in [9.17, 15) is 0 Å². The molecule has 2 aliphatic rings. The highest BCUT2D eigenvalue weighted by Crippen LogP contribution is 2.44. The Hall–Kier alpha value is -0.955. The van der Waals surface area contributed by atoms with E-state index >= 15 is 0 Å². The molecule has 2 aliphatic heterocycles. The van der Waals surface area contributed by atoms with Crippen LogP contribution in [0.15, 0.2) is 24.3 Å². The fraction of sp³-hybridized carbons (Fsp3) is 0.500. The molecule has 1 aromatic rings. The van der Waals surface area contributed by atoms with Crippen molar-refractivity contribution in [3.63, 3.8) is 0 Å². The SMILES string of the molecule is BN1CC2(CCNCC2)c2ccccc21. The van der Waals surface area contributed by atoms with Crippen molar-refractivity contribution in [2.45, 2.75) is 18.3 Å². The molecule has 2 nitrogen and oxygen atoms in total. The number of anilines is 1. The minimum atomic E-state index is 0.441. The van der Waals surface area contributed by atoms with Gasteiger partial charge in [0.05, 0.1) is 0 Å². The summed E-state index contributed by atoms with van der Waals surface area (Å²) in [6.45, 7) is 3.54. The first-order chi connectivity index (χ1) is 7.32. The molecule has 3 rings (SSSR count). The Labute approximate surface area is 92.1 Å². The van der Waals surface area contributed by atoms with E-state index in [-0.39, 0.29) is 0 Å². The van der Waals surface area contributed by atoms with E-state index in [2.05, 4.69) is 42.4 Å². The predicted molar refractivity (Wildman–Crippen MR) is 66.1 cm³/mol. The number of hydrogen-bond donors (Lipinski definition) is 1. The lowest BCUT2D eigenvalue weighted by Gasteiger charge is -2.34. The van der Waals surface area contributed by atoms with Crippen LogP contribution in [0.4, 0.5) is 5.69 Å². The number of hydrogen-bond acceptors (Lipinski definition) is 2. The third-order valence-corrected chi connectivity index (χ3v) is 3.99. The molecule has 0 aliphatic carbocycles. The van der Waals surface area contributed by atoms with Gasteiger partial charge in [0.15, 0.2) is 0 Å². The lowest BCUT2D eigenvalue weighted by Crippen LogP contribution is -2.42. The van der Waals surface area contributed by atoms with E-state index in [1.54, 1.807) is 5.56 Å². The van der Waals surface area contributed by atoms with E-state index in [0.29, 0.717) is 5.41 Å². The van der Waals surface area contributed by atoms with Crippen LogP contribution in [0.2, 0.25) is 0 Å². The Morgan fingerprint density at radius 2 is 1.93 bits per heavy atom. The zero-order valence-electron chi connectivity index (χ0n) is 9.29. The maximum absolute atomic E-state index is 3.46. The molecule has 0 saturated carbocycles. The molecule has 1 saturated heterocycles. The molecular weight excluding hydrogens is 183 g/mol. The largest absolute Gasteiger partial charge is 0.421 e. The molecule has 1 fully saturated rings. The molecular formula is C12H17BN2. The summed E-state index contributed by atoms with van der Waals surface area (Å²) in [4.78, 5) is 2.42. The number of nitrogens with one attached hydrogen (secondary N) is 1. The summed E-state index contributed by atoms with van der Waals surface area (Å²) < 4.78 is 0. The van der Waals surface area contributed by atoms with Crippen molar-refractivity contribution in [1.29, 1.82) is 0 Å². The summed E-state index contributed by atoms with van der Waals surface area (Å²) in [5.41, 5.74) is 3.46. The van der Waals surface area contributed by atoms with Gasteiger partial charge >= 0.3 is 0 Å². The van der Waals surface area contributed by atoms with Crippen molar-refractivity contribution in [3.8, 4) is 0 Å². The number of benzene rings is 1. The van der Waals surface area contributed by atoms with Crippen LogP contribution in [0.1, 0.15) is 18.4 Å². The van der Waals surface area contributed by atoms with Gasteiger partial charge in [0.2, 0.25) is 7.98 Å². The second kappa shape index (κ2) is 3.27. The van der Waals surface area contributed by atoms with E-state index in [0.717, 1.165) is 0 Å². The first-order valence-electron chi connectivity index (χ1n) is 5.83. The Balaban J connectivity index is 2.06. The number of para-hydroxylation sites is 1. The van der Waals surface area contributed by atoms with Crippen molar-refractivity contribution in [2.75, 3.05) is 24.4 Å². The number of fused-ring (bicyclic) bond motifs is 2. The Kier molecular flexibility index (Phi) is 2.03. The average molecular weight is 200 g/mol. The van der Waals surface area contributed by atoms with Gasteiger partial charge in [-0.1, -0.05) is 18.2 Å². The van der Waals surface area contributed by atoms with Crippen molar-refractivity contribution >= 4 is 13.7 Å². The van der Waals surface area contributed by atoms with Gasteiger partial charge < -0.3 is 10.1 Å². The van der Waals surface area contributed by atoms with Gasteiger partial charge in [-0.2, -0.15) is 0 Å². The van der Waals surface area contributed by atoms with Crippen molar-refractivity contribution < 1.29 is 0 Å². The summed E-state index contributed by atoms with van der Waals surface area (Å²) in [6, 6.07) is 8.91. The van der Waals surface area contributed by atoms with Crippen LogP contribution in [-0.2, 0) is 5.41 Å². The van der Waals surface area contributed by atoms with Crippen molar-refractivity contribution in [3.05, 3.63) is 29.8 Å². The lowest BCUT2D eigenvalue weighted by atomic mass is 9.75. The Bertz CT molecular complexity index is 372. The molecule has 0 unspecified atom stereocenters. The average Bonchev–Trinajstić information content (AvgIpc) is 2.55. The van der Waals surface area contributed by atoms with Crippen molar-refractivity contribution in [1.82, 2.24) is 5.32 Å². The second-order valence-corrected chi connectivity index (χ2v) is 4.90. The normalized spacial score (nSPS) is 23.1. The van der Waals surface area contributed by atoms with Crippen molar-refractivity contribution in [2.24, 2.45) is 0 Å². The molecule has 2 heterocycles. The number of nitrogens with zero attached hydrogens (tertiary/aromatic N) is 1. The molecule has 0 radical (unpaired) electrons. The van der Waals surface area contributed by atoms with Crippen LogP contribution < -0.4 is 10.1 Å². The third kappa shape index (κ3) is 1.30. The zero-order chi connectivity index (χ0) is 10.3. The molecule has 1 aromatic carbocycles. The van der Waals surface area contributed by atoms with Gasteiger partial charge in [-0.15, -0.1) is 0 Å². The molecule has 0 aromatic heterocycles. The van der Waals surface area contributed by atoms with Gasteiger partial charge in [-0.3, -0.25) is 0 Å². The molecule has 0 atom stereocenters. The van der Waals surface area contributed by atoms with Crippen LogP contribution in [0.3, 0.4) is 0 Å². The van der Waals surface area contributed by atoms with Crippen LogP contribution in [-0.4, -0.2) is 27.6 Å². The monoisotopic (exact) mass is 200 g/mol. The third-order valence-electron chi connectivity index (χ3n) is 3.99. The fourth-order valence-corrected chi connectivity index (χ4v) is 3.21. The molecule has 15 heavy (non-hydrogen) atoms. The smallest absolute Gasteiger partial charge is 0.217 e. The van der Waals surface area contributed by atoms with Crippen LogP contribution >= 0.6 is 0 Å². The van der Waals surface area contributed by atoms with Gasteiger partial charge in [-0.05, 0) is 37.6 Å². The van der Waals surface area contributed by atoms with E-state index < -0.39 is 0 Å². The highest BCUT2D eigenvalue weighted by Gasteiger charge is 2.41. The molecule has 1 spiro atoms. The maximum Gasteiger partial charge on any atom is 0.217 e. The summed E-state index contributed by atoms with van der Waals surface area (Å²) >= 11 is 0. The summed E-state index contributed by atoms with van der Waals surface area (Å²) in [6.07, 6.45) is 2.57. The molecule has 0 bridgehead atoms. The Morgan fingerprint density at radius 1 is 1.20 bits per heavy atom. The second-order valence-electron chi connectivity index (χ2n) is 4.90. The van der Waals surface area contributed by atoms with Gasteiger partial charge in [0.1, 0.15) is 0 Å². The van der Waals surface area contributed by atoms with Crippen LogP contribution in [0.25, 0.3) is 0 Å². The van der Waals surface area contributed by atoms with Crippen LogP contribution in [0, 0.1) is 0 Å². The van der Waals surface area contributed by atoms with Gasteiger partial charge in [0, 0.05) is 17.6 Å². The Morgan fingerprint density at radius 3 is 2.73 bits per heavy atom. The van der Waals surface area contributed by atoms with E-state index in [4.69, 9.17) is 0 Å². The lowest BCUT2D eigenvalue weighted by molar-refractivity contribution is 0.331. The first kappa shape index (κ1) is 9.28. The summed E-state index contributed by atoms with van der Waals surface area (Å²) in [5.74, 6) is 0. The minimum absolute atomic E-state index is 0.441. The predicted octanol–water partition coefficient (Wildman–Crippen LogP) is 0.676. The summed E-state index contributed by atoms with van der Waals surface area (Å²) in [5, 5.41) is 3.46. The topological polar surface area (TPSA) is 15.3 Å². The standard InChI is InChI=1S/C12H17BN2/c13-15-9-12(5-7-14-8-6-12)10-3-1-2-4-11(10)15/h1-4,14H,5-9,13H2. The number of piperidine rings is 1. The van der Waals surface area contributed by atoms with E-state index in [1.165, 1.54) is 38.2 Å². The highest BCUT2D eigenvalue weighted by atomic mass is 15.1. The summed E-state index contributed by atoms with van der Waals surface area (Å²) in [7, 11) is 2.22.